The van der Waals surface area contributed by atoms with E-state index in [1.807, 2.05) is 12.1 Å². The van der Waals surface area contributed by atoms with Gasteiger partial charge in [-0.3, -0.25) is 9.69 Å². The first-order valence-corrected chi connectivity index (χ1v) is 8.17. The van der Waals surface area contributed by atoms with Gasteiger partial charge < -0.3 is 5.32 Å². The molecule has 1 N–H and O–H groups in total. The van der Waals surface area contributed by atoms with Crippen molar-refractivity contribution < 1.29 is 4.79 Å². The van der Waals surface area contributed by atoms with Gasteiger partial charge in [0.05, 0.1) is 5.92 Å². The van der Waals surface area contributed by atoms with E-state index in [9.17, 15) is 4.79 Å². The molecule has 4 heteroatoms. The first-order chi connectivity index (χ1) is 10.0. The molecule has 1 aliphatic rings. The van der Waals surface area contributed by atoms with E-state index in [4.69, 9.17) is 11.6 Å². The van der Waals surface area contributed by atoms with Gasteiger partial charge in [0, 0.05) is 24.7 Å². The highest BCUT2D eigenvalue weighted by Gasteiger charge is 2.25. The standard InChI is InChI=1S/C17H25ClN2O/c1-13(2)10-19-17(21)15-4-3-9-20(12-15)11-14-5-7-16(18)8-6-14/h5-8,13,15H,3-4,9-12H2,1-2H3,(H,19,21)/t15-/m1/s1. The van der Waals surface area contributed by atoms with E-state index in [0.29, 0.717) is 5.92 Å². The summed E-state index contributed by atoms with van der Waals surface area (Å²) in [6.45, 7) is 7.82. The number of hydrogen-bond donors (Lipinski definition) is 1. The molecule has 0 aromatic heterocycles. The van der Waals surface area contributed by atoms with E-state index < -0.39 is 0 Å². The Hall–Kier alpha value is -1.06. The van der Waals surface area contributed by atoms with Crippen LogP contribution in [0.1, 0.15) is 32.3 Å². The fraction of sp³-hybridized carbons (Fsp3) is 0.588. The van der Waals surface area contributed by atoms with Crippen molar-refractivity contribution in [2.45, 2.75) is 33.2 Å². The lowest BCUT2D eigenvalue weighted by atomic mass is 9.96. The zero-order valence-electron chi connectivity index (χ0n) is 12.9. The highest BCUT2D eigenvalue weighted by atomic mass is 35.5. The summed E-state index contributed by atoms with van der Waals surface area (Å²) in [5.41, 5.74) is 1.25. The van der Waals surface area contributed by atoms with E-state index in [2.05, 4.69) is 36.2 Å². The summed E-state index contributed by atoms with van der Waals surface area (Å²) in [4.78, 5) is 14.6. The molecule has 0 radical (unpaired) electrons. The SMILES string of the molecule is CC(C)CNC(=O)[C@@H]1CCCN(Cc2ccc(Cl)cc2)C1. The lowest BCUT2D eigenvalue weighted by Crippen LogP contribution is -2.43. The summed E-state index contributed by atoms with van der Waals surface area (Å²) in [5.74, 6) is 0.844. The van der Waals surface area contributed by atoms with Gasteiger partial charge in [-0.1, -0.05) is 37.6 Å². The number of likely N-dealkylation sites (tertiary alicyclic amines) is 1. The molecule has 0 unspecified atom stereocenters. The lowest BCUT2D eigenvalue weighted by Gasteiger charge is -2.32. The van der Waals surface area contributed by atoms with Crippen LogP contribution in [0.3, 0.4) is 0 Å². The zero-order chi connectivity index (χ0) is 15.2. The summed E-state index contributed by atoms with van der Waals surface area (Å²) >= 11 is 5.91. The van der Waals surface area contributed by atoms with Crippen LogP contribution < -0.4 is 5.32 Å². The number of nitrogens with zero attached hydrogens (tertiary/aromatic N) is 1. The van der Waals surface area contributed by atoms with Crippen LogP contribution in [-0.2, 0) is 11.3 Å². The fourth-order valence-electron chi connectivity index (χ4n) is 2.71. The second-order valence-corrected chi connectivity index (χ2v) is 6.78. The molecule has 0 bridgehead atoms. The van der Waals surface area contributed by atoms with Crippen molar-refractivity contribution in [3.8, 4) is 0 Å². The van der Waals surface area contributed by atoms with E-state index in [1.165, 1.54) is 5.56 Å². The third-order valence-corrected chi connectivity index (χ3v) is 4.13. The minimum atomic E-state index is 0.129. The number of carbonyl (C=O) groups is 1. The first-order valence-electron chi connectivity index (χ1n) is 7.79. The highest BCUT2D eigenvalue weighted by Crippen LogP contribution is 2.19. The van der Waals surface area contributed by atoms with Crippen LogP contribution in [0.25, 0.3) is 0 Å². The van der Waals surface area contributed by atoms with Gasteiger partial charge in [-0.2, -0.15) is 0 Å². The maximum absolute atomic E-state index is 12.2. The van der Waals surface area contributed by atoms with Gasteiger partial charge in [0.1, 0.15) is 0 Å². The summed E-state index contributed by atoms with van der Waals surface area (Å²) in [7, 11) is 0. The molecule has 0 aliphatic carbocycles. The van der Waals surface area contributed by atoms with Crippen LogP contribution in [0.15, 0.2) is 24.3 Å². The van der Waals surface area contributed by atoms with Crippen molar-refractivity contribution in [2.24, 2.45) is 11.8 Å². The van der Waals surface area contributed by atoms with E-state index in [1.54, 1.807) is 0 Å². The molecular weight excluding hydrogens is 284 g/mol. The van der Waals surface area contributed by atoms with Crippen molar-refractivity contribution in [2.75, 3.05) is 19.6 Å². The summed E-state index contributed by atoms with van der Waals surface area (Å²) in [6.07, 6.45) is 2.09. The van der Waals surface area contributed by atoms with Gasteiger partial charge in [-0.05, 0) is 43.0 Å². The van der Waals surface area contributed by atoms with Crippen LogP contribution in [0.5, 0.6) is 0 Å². The molecule has 1 atom stereocenters. The fourth-order valence-corrected chi connectivity index (χ4v) is 2.84. The lowest BCUT2D eigenvalue weighted by molar-refractivity contribution is -0.126. The minimum absolute atomic E-state index is 0.129. The molecule has 2 rings (SSSR count). The molecule has 1 amide bonds. The molecular formula is C17H25ClN2O. The third-order valence-electron chi connectivity index (χ3n) is 3.88. The molecule has 116 valence electrons. The Morgan fingerprint density at radius 1 is 1.38 bits per heavy atom. The minimum Gasteiger partial charge on any atom is -0.356 e. The van der Waals surface area contributed by atoms with Gasteiger partial charge in [-0.15, -0.1) is 0 Å². The molecule has 0 saturated carbocycles. The Labute approximate surface area is 132 Å². The average molecular weight is 309 g/mol. The third kappa shape index (κ3) is 5.33. The van der Waals surface area contributed by atoms with Crippen molar-refractivity contribution in [3.05, 3.63) is 34.9 Å². The van der Waals surface area contributed by atoms with Gasteiger partial charge >= 0.3 is 0 Å². The maximum Gasteiger partial charge on any atom is 0.224 e. The number of hydrogen-bond acceptors (Lipinski definition) is 2. The topological polar surface area (TPSA) is 32.3 Å². The molecule has 1 saturated heterocycles. The zero-order valence-corrected chi connectivity index (χ0v) is 13.7. The summed E-state index contributed by atoms with van der Waals surface area (Å²) in [5, 5.41) is 3.83. The number of piperidine rings is 1. The van der Waals surface area contributed by atoms with Gasteiger partial charge in [0.15, 0.2) is 0 Å². The van der Waals surface area contributed by atoms with Crippen LogP contribution in [-0.4, -0.2) is 30.4 Å². The maximum atomic E-state index is 12.2. The number of amides is 1. The molecule has 1 heterocycles. The Kier molecular flexibility index (Phi) is 6.07. The Balaban J connectivity index is 1.85. The number of benzene rings is 1. The first kappa shape index (κ1) is 16.3. The normalized spacial score (nSPS) is 19.7. The van der Waals surface area contributed by atoms with Gasteiger partial charge in [-0.25, -0.2) is 0 Å². The second kappa shape index (κ2) is 7.81. The van der Waals surface area contributed by atoms with E-state index >= 15 is 0 Å². The van der Waals surface area contributed by atoms with Crippen LogP contribution in [0, 0.1) is 11.8 Å². The van der Waals surface area contributed by atoms with Crippen LogP contribution in [0.4, 0.5) is 0 Å². The molecule has 1 aromatic rings. The molecule has 1 aromatic carbocycles. The average Bonchev–Trinajstić information content (AvgIpc) is 2.47. The number of halogens is 1. The van der Waals surface area contributed by atoms with Crippen molar-refractivity contribution in [1.29, 1.82) is 0 Å². The largest absolute Gasteiger partial charge is 0.356 e. The monoisotopic (exact) mass is 308 g/mol. The Morgan fingerprint density at radius 3 is 2.76 bits per heavy atom. The molecule has 21 heavy (non-hydrogen) atoms. The van der Waals surface area contributed by atoms with Crippen molar-refractivity contribution in [1.82, 2.24) is 10.2 Å². The van der Waals surface area contributed by atoms with E-state index in [0.717, 1.165) is 44.0 Å². The molecule has 3 nitrogen and oxygen atoms in total. The Bertz CT molecular complexity index is 458. The number of rotatable bonds is 5. The molecule has 0 spiro atoms. The smallest absolute Gasteiger partial charge is 0.224 e. The summed E-state index contributed by atoms with van der Waals surface area (Å²) < 4.78 is 0. The van der Waals surface area contributed by atoms with Crippen molar-refractivity contribution in [3.63, 3.8) is 0 Å². The van der Waals surface area contributed by atoms with Crippen LogP contribution >= 0.6 is 11.6 Å². The predicted octanol–water partition coefficient (Wildman–Crippen LogP) is 3.32. The van der Waals surface area contributed by atoms with E-state index in [-0.39, 0.29) is 11.8 Å². The summed E-state index contributed by atoms with van der Waals surface area (Å²) in [6, 6.07) is 7.97. The molecule has 1 aliphatic heterocycles. The second-order valence-electron chi connectivity index (χ2n) is 6.34. The highest BCUT2D eigenvalue weighted by molar-refractivity contribution is 6.30. The van der Waals surface area contributed by atoms with Crippen molar-refractivity contribution >= 4 is 17.5 Å². The quantitative estimate of drug-likeness (QED) is 0.905. The predicted molar refractivity (Wildman–Crippen MR) is 87.3 cm³/mol. The van der Waals surface area contributed by atoms with Gasteiger partial charge in [0.25, 0.3) is 0 Å². The Morgan fingerprint density at radius 2 is 2.10 bits per heavy atom. The number of carbonyl (C=O) groups excluding carboxylic acids is 1. The molecule has 1 fully saturated rings. The number of nitrogens with one attached hydrogen (secondary N) is 1. The van der Waals surface area contributed by atoms with Crippen LogP contribution in [0.2, 0.25) is 5.02 Å². The van der Waals surface area contributed by atoms with Gasteiger partial charge in [0.2, 0.25) is 5.91 Å².